The van der Waals surface area contributed by atoms with Crippen LogP contribution in [-0.2, 0) is 0 Å². The summed E-state index contributed by atoms with van der Waals surface area (Å²) in [6.07, 6.45) is 2.72. The number of nitrogens with one attached hydrogen (secondary N) is 2. The van der Waals surface area contributed by atoms with Gasteiger partial charge in [-0.3, -0.25) is 30.3 Å². The van der Waals surface area contributed by atoms with Crippen LogP contribution in [0.1, 0.15) is 22.8 Å². The third kappa shape index (κ3) is 6.01. The van der Waals surface area contributed by atoms with Crippen LogP contribution in [0.3, 0.4) is 0 Å². The molecule has 0 saturated carbocycles. The molecular formula is C44H27N7O6. The van der Waals surface area contributed by atoms with Gasteiger partial charge in [-0.05, 0) is 34.4 Å². The smallest absolute Gasteiger partial charge is 0.297 e. The van der Waals surface area contributed by atoms with E-state index in [9.17, 15) is 30.3 Å². The highest BCUT2D eigenvalue weighted by atomic mass is 16.6. The average molecular weight is 750 g/mol. The number of fused-ring (bicyclic) bond motifs is 8. The number of nitrogens with zero attached hydrogens (tertiary/aromatic N) is 5. The zero-order valence-electron chi connectivity index (χ0n) is 29.6. The molecule has 5 heterocycles. The molecule has 0 amide bonds. The third-order valence-electron chi connectivity index (χ3n) is 9.86. The molecule has 8 bridgehead atoms. The molecule has 0 radical (unpaired) electrons. The Hall–Kier alpha value is -8.32. The normalized spacial score (nSPS) is 12.1. The molecule has 3 aromatic heterocycles. The van der Waals surface area contributed by atoms with Crippen molar-refractivity contribution in [2.24, 2.45) is 0 Å². The number of aromatic nitrogens is 4. The Kier molecular flexibility index (Phi) is 8.36. The molecule has 0 aliphatic carbocycles. The second-order valence-electron chi connectivity index (χ2n) is 13.2. The summed E-state index contributed by atoms with van der Waals surface area (Å²) in [5.41, 5.74) is 4.25. The van der Waals surface area contributed by atoms with Gasteiger partial charge in [-0.2, -0.15) is 0 Å². The summed E-state index contributed by atoms with van der Waals surface area (Å²) in [6.45, 7) is 0. The summed E-state index contributed by atoms with van der Waals surface area (Å²) >= 11 is 0. The molecule has 0 fully saturated rings. The van der Waals surface area contributed by atoms with E-state index in [0.717, 1.165) is 0 Å². The maximum absolute atomic E-state index is 13.0. The van der Waals surface area contributed by atoms with Gasteiger partial charge in [0.25, 0.3) is 17.1 Å². The number of benzene rings is 4. The highest BCUT2D eigenvalue weighted by Gasteiger charge is 2.32. The van der Waals surface area contributed by atoms with Crippen molar-refractivity contribution in [3.63, 3.8) is 0 Å². The van der Waals surface area contributed by atoms with Gasteiger partial charge in [-0.25, -0.2) is 9.97 Å². The minimum Gasteiger partial charge on any atom is -0.354 e. The number of rotatable bonds is 7. The highest BCUT2D eigenvalue weighted by Crippen LogP contribution is 2.43. The van der Waals surface area contributed by atoms with E-state index in [2.05, 4.69) is 9.97 Å². The number of hydrogen-bond acceptors (Lipinski definition) is 8. The minimum absolute atomic E-state index is 0.0158. The van der Waals surface area contributed by atoms with E-state index < -0.39 is 14.8 Å². The minimum atomic E-state index is -0.539. The predicted molar refractivity (Wildman–Crippen MR) is 219 cm³/mol. The molecule has 13 nitrogen and oxygen atoms in total. The molecule has 2 aliphatic rings. The van der Waals surface area contributed by atoms with Crippen molar-refractivity contribution < 1.29 is 14.8 Å². The van der Waals surface area contributed by atoms with Crippen molar-refractivity contribution in [1.82, 2.24) is 19.9 Å². The number of nitro groups is 3. The van der Waals surface area contributed by atoms with Crippen molar-refractivity contribution >= 4 is 51.3 Å². The van der Waals surface area contributed by atoms with E-state index in [1.807, 2.05) is 42.5 Å². The quantitative estimate of drug-likeness (QED) is 0.119. The van der Waals surface area contributed by atoms with Gasteiger partial charge in [0.1, 0.15) is 5.52 Å². The highest BCUT2D eigenvalue weighted by molar-refractivity contribution is 6.03. The van der Waals surface area contributed by atoms with Crippen LogP contribution in [-0.4, -0.2) is 34.7 Å². The van der Waals surface area contributed by atoms with Crippen molar-refractivity contribution in [2.45, 2.75) is 0 Å². The fourth-order valence-electron chi connectivity index (χ4n) is 7.44. The fraction of sp³-hybridized carbons (Fsp3) is 0. The maximum Gasteiger partial charge on any atom is 0.297 e. The standard InChI is InChI=1S/C44H27N7O6/c52-49(53)35-23-32-38(26-13-5-1-6-14-26)33-24-36(50(54)55)44(47-33)41(29-19-11-4-12-20-29)34-25-37(51(56)57)43(48-34)40(28-17-9-3-10-18-28)31-22-21-30(45-31)39(42(35)46-32)27-15-7-2-8-16-27/h1-25,45,47H. The second kappa shape index (κ2) is 13.8. The first-order valence-corrected chi connectivity index (χ1v) is 17.7. The zero-order valence-corrected chi connectivity index (χ0v) is 29.6. The molecule has 57 heavy (non-hydrogen) atoms. The largest absolute Gasteiger partial charge is 0.354 e. The molecule has 9 rings (SSSR count). The number of H-pyrrole nitrogens is 2. The molecule has 0 atom stereocenters. The number of hydrogen-bond donors (Lipinski definition) is 2. The van der Waals surface area contributed by atoms with Crippen LogP contribution in [0.15, 0.2) is 140 Å². The summed E-state index contributed by atoms with van der Waals surface area (Å²) in [7, 11) is 0. The Labute approximate surface area is 322 Å². The van der Waals surface area contributed by atoms with E-state index in [-0.39, 0.29) is 56.5 Å². The van der Waals surface area contributed by atoms with Crippen LogP contribution < -0.4 is 0 Å². The van der Waals surface area contributed by atoms with E-state index in [1.54, 1.807) is 91.0 Å². The predicted octanol–water partition coefficient (Wildman–Crippen LogP) is 10.4. The molecule has 7 aromatic rings. The molecule has 0 spiro atoms. The van der Waals surface area contributed by atoms with Gasteiger partial charge in [-0.15, -0.1) is 0 Å². The monoisotopic (exact) mass is 749 g/mol. The van der Waals surface area contributed by atoms with Gasteiger partial charge in [0.2, 0.25) is 0 Å². The van der Waals surface area contributed by atoms with Gasteiger partial charge in [0.05, 0.1) is 31.7 Å². The van der Waals surface area contributed by atoms with Crippen LogP contribution in [0.25, 0.3) is 90.1 Å². The summed E-state index contributed by atoms with van der Waals surface area (Å²) in [6, 6.07) is 40.7. The van der Waals surface area contributed by atoms with Crippen molar-refractivity contribution in [3.05, 3.63) is 193 Å². The lowest BCUT2D eigenvalue weighted by molar-refractivity contribution is -0.382. The Morgan fingerprint density at radius 1 is 0.421 bits per heavy atom. The first kappa shape index (κ1) is 34.4. The van der Waals surface area contributed by atoms with Gasteiger partial charge in [0, 0.05) is 51.5 Å². The Balaban J connectivity index is 1.60. The van der Waals surface area contributed by atoms with Crippen LogP contribution in [0.4, 0.5) is 5.69 Å². The summed E-state index contributed by atoms with van der Waals surface area (Å²) in [5, 5.41) is 39.0. The van der Waals surface area contributed by atoms with Crippen molar-refractivity contribution in [2.75, 3.05) is 0 Å². The Morgan fingerprint density at radius 3 is 1.21 bits per heavy atom. The molecule has 0 unspecified atom stereocenters. The lowest BCUT2D eigenvalue weighted by Crippen LogP contribution is -1.99. The average Bonchev–Trinajstić information content (AvgIpc) is 4.05. The molecular weight excluding hydrogens is 723 g/mol. The van der Waals surface area contributed by atoms with E-state index in [1.165, 1.54) is 18.2 Å². The Bertz CT molecular complexity index is 3030. The first-order valence-electron chi connectivity index (χ1n) is 17.7. The van der Waals surface area contributed by atoms with Crippen molar-refractivity contribution in [1.29, 1.82) is 0 Å². The SMILES string of the molecule is O=[N+]([O-])C1=Cc2nc1c(-c1ccccc1)c1ccc([nH]1)c(-c1ccccc1)c1nc(c(-c3ccccc3)c3[nH]c(cc3[N+](=O)[O-])c2-c2ccccc2)C=C1[N+](=O)[O-]. The summed E-state index contributed by atoms with van der Waals surface area (Å²) < 4.78 is 0. The molecule has 2 aliphatic heterocycles. The molecule has 2 N–H and O–H groups in total. The van der Waals surface area contributed by atoms with Gasteiger partial charge in [-0.1, -0.05) is 121 Å². The van der Waals surface area contributed by atoms with E-state index in [4.69, 9.17) is 9.97 Å². The molecule has 0 saturated heterocycles. The van der Waals surface area contributed by atoms with Gasteiger partial charge < -0.3 is 9.97 Å². The van der Waals surface area contributed by atoms with Gasteiger partial charge in [0.15, 0.2) is 11.4 Å². The van der Waals surface area contributed by atoms with Gasteiger partial charge >= 0.3 is 0 Å². The second-order valence-corrected chi connectivity index (χ2v) is 13.2. The van der Waals surface area contributed by atoms with Crippen LogP contribution in [0.5, 0.6) is 0 Å². The molecule has 4 aromatic carbocycles. The summed E-state index contributed by atoms with van der Waals surface area (Å²) in [5.74, 6) is 0. The number of aromatic amines is 2. The first-order chi connectivity index (χ1) is 27.8. The maximum atomic E-state index is 13.0. The van der Waals surface area contributed by atoms with Crippen molar-refractivity contribution in [3.8, 4) is 44.5 Å². The fourth-order valence-corrected chi connectivity index (χ4v) is 7.44. The topological polar surface area (TPSA) is 187 Å². The zero-order chi connectivity index (χ0) is 39.2. The lowest BCUT2D eigenvalue weighted by atomic mass is 10.0. The third-order valence-corrected chi connectivity index (χ3v) is 9.86. The molecule has 274 valence electrons. The van der Waals surface area contributed by atoms with E-state index >= 15 is 0 Å². The molecule has 13 heteroatoms. The Morgan fingerprint density at radius 2 is 0.807 bits per heavy atom. The van der Waals surface area contributed by atoms with Crippen LogP contribution in [0.2, 0.25) is 0 Å². The van der Waals surface area contributed by atoms with Crippen LogP contribution in [0, 0.1) is 30.3 Å². The van der Waals surface area contributed by atoms with E-state index in [0.29, 0.717) is 50.0 Å². The van der Waals surface area contributed by atoms with Crippen LogP contribution >= 0.6 is 0 Å². The summed E-state index contributed by atoms with van der Waals surface area (Å²) in [4.78, 5) is 54.0. The lowest BCUT2D eigenvalue weighted by Gasteiger charge is -2.06.